The summed E-state index contributed by atoms with van der Waals surface area (Å²) in [5.41, 5.74) is -0.465. The molecular formula is C7H5F3O3. The standard InChI is InChI=1S/C7H5F3O3/c1-3-4(6(11)12)2-5(13-3)7(8,9)10/h2H,1H3,(H,11,12). The largest absolute Gasteiger partial charge is 0.478 e. The Hall–Kier alpha value is -1.46. The van der Waals surface area contributed by atoms with E-state index >= 15 is 0 Å². The van der Waals surface area contributed by atoms with Gasteiger partial charge in [0, 0.05) is 6.07 Å². The third kappa shape index (κ3) is 1.82. The van der Waals surface area contributed by atoms with E-state index in [1.54, 1.807) is 0 Å². The van der Waals surface area contributed by atoms with E-state index in [-0.39, 0.29) is 5.76 Å². The van der Waals surface area contributed by atoms with Crippen molar-refractivity contribution in [3.8, 4) is 0 Å². The molecule has 0 aromatic carbocycles. The number of carboxylic acid groups (broad SMARTS) is 1. The van der Waals surface area contributed by atoms with Gasteiger partial charge in [0.25, 0.3) is 0 Å². The van der Waals surface area contributed by atoms with Crippen LogP contribution in [0.5, 0.6) is 0 Å². The van der Waals surface area contributed by atoms with Crippen LogP contribution in [0.25, 0.3) is 0 Å². The number of hydrogen-bond donors (Lipinski definition) is 1. The molecule has 0 saturated carbocycles. The van der Waals surface area contributed by atoms with Crippen LogP contribution in [-0.4, -0.2) is 11.1 Å². The molecule has 13 heavy (non-hydrogen) atoms. The lowest BCUT2D eigenvalue weighted by Gasteiger charge is -1.99. The Morgan fingerprint density at radius 3 is 2.31 bits per heavy atom. The Balaban J connectivity index is 3.17. The molecule has 0 atom stereocenters. The first kappa shape index (κ1) is 9.63. The van der Waals surface area contributed by atoms with Gasteiger partial charge in [-0.3, -0.25) is 0 Å². The SMILES string of the molecule is Cc1oc(C(F)(F)F)cc1C(=O)O. The molecule has 0 unspecified atom stereocenters. The van der Waals surface area contributed by atoms with Gasteiger partial charge < -0.3 is 9.52 Å². The second-order valence-electron chi connectivity index (χ2n) is 2.38. The number of hydrogen-bond acceptors (Lipinski definition) is 2. The average Bonchev–Trinajstić information content (AvgIpc) is 2.29. The Morgan fingerprint density at radius 1 is 1.54 bits per heavy atom. The Bertz CT molecular complexity index is 337. The minimum absolute atomic E-state index is 0.250. The van der Waals surface area contributed by atoms with Crippen molar-refractivity contribution >= 4 is 5.97 Å². The molecule has 3 nitrogen and oxygen atoms in total. The van der Waals surface area contributed by atoms with E-state index in [1.807, 2.05) is 0 Å². The van der Waals surface area contributed by atoms with Crippen LogP contribution < -0.4 is 0 Å². The number of alkyl halides is 3. The lowest BCUT2D eigenvalue weighted by molar-refractivity contribution is -0.153. The minimum atomic E-state index is -4.64. The van der Waals surface area contributed by atoms with Gasteiger partial charge in [-0.25, -0.2) is 4.79 Å². The monoisotopic (exact) mass is 194 g/mol. The number of carboxylic acids is 1. The maximum Gasteiger partial charge on any atom is 0.449 e. The van der Waals surface area contributed by atoms with Gasteiger partial charge in [0.05, 0.1) is 0 Å². The van der Waals surface area contributed by atoms with Crippen molar-refractivity contribution in [3.05, 3.63) is 23.2 Å². The van der Waals surface area contributed by atoms with Crippen molar-refractivity contribution in [1.29, 1.82) is 0 Å². The number of aryl methyl sites for hydroxylation is 1. The van der Waals surface area contributed by atoms with Crippen LogP contribution >= 0.6 is 0 Å². The van der Waals surface area contributed by atoms with Gasteiger partial charge in [-0.2, -0.15) is 13.2 Å². The molecule has 1 aromatic rings. The van der Waals surface area contributed by atoms with Gasteiger partial charge in [-0.1, -0.05) is 0 Å². The molecule has 0 aliphatic rings. The average molecular weight is 194 g/mol. The summed E-state index contributed by atoms with van der Waals surface area (Å²) in [4.78, 5) is 10.3. The second-order valence-corrected chi connectivity index (χ2v) is 2.38. The molecule has 1 N–H and O–H groups in total. The summed E-state index contributed by atoms with van der Waals surface area (Å²) in [5.74, 6) is -2.97. The Morgan fingerprint density at radius 2 is 2.08 bits per heavy atom. The molecule has 1 heterocycles. The first-order valence-corrected chi connectivity index (χ1v) is 3.23. The van der Waals surface area contributed by atoms with Crippen LogP contribution in [0.15, 0.2) is 10.5 Å². The van der Waals surface area contributed by atoms with Crippen LogP contribution in [-0.2, 0) is 6.18 Å². The van der Waals surface area contributed by atoms with Crippen LogP contribution in [0.4, 0.5) is 13.2 Å². The fourth-order valence-corrected chi connectivity index (χ4v) is 0.834. The molecule has 0 aliphatic heterocycles. The molecule has 72 valence electrons. The molecule has 6 heteroatoms. The zero-order chi connectivity index (χ0) is 10.2. The molecule has 1 rings (SSSR count). The molecule has 0 amide bonds. The zero-order valence-electron chi connectivity index (χ0n) is 6.47. The van der Waals surface area contributed by atoms with E-state index in [1.165, 1.54) is 6.92 Å². The zero-order valence-corrected chi connectivity index (χ0v) is 6.47. The molecule has 0 aliphatic carbocycles. The van der Waals surface area contributed by atoms with Crippen LogP contribution in [0.1, 0.15) is 21.9 Å². The van der Waals surface area contributed by atoms with Crippen molar-refractivity contribution in [2.24, 2.45) is 0 Å². The van der Waals surface area contributed by atoms with Crippen LogP contribution in [0, 0.1) is 6.92 Å². The van der Waals surface area contributed by atoms with E-state index in [2.05, 4.69) is 4.42 Å². The van der Waals surface area contributed by atoms with Gasteiger partial charge >= 0.3 is 12.1 Å². The number of carbonyl (C=O) groups is 1. The lowest BCUT2D eigenvalue weighted by atomic mass is 10.2. The highest BCUT2D eigenvalue weighted by atomic mass is 19.4. The fourth-order valence-electron chi connectivity index (χ4n) is 0.834. The molecule has 0 spiro atoms. The molecular weight excluding hydrogens is 189 g/mol. The predicted octanol–water partition coefficient (Wildman–Crippen LogP) is 2.31. The molecule has 1 aromatic heterocycles. The highest BCUT2D eigenvalue weighted by Crippen LogP contribution is 2.32. The maximum absolute atomic E-state index is 12.0. The predicted molar refractivity (Wildman–Crippen MR) is 35.4 cm³/mol. The van der Waals surface area contributed by atoms with E-state index in [4.69, 9.17) is 5.11 Å². The number of rotatable bonds is 1. The van der Waals surface area contributed by atoms with Gasteiger partial charge in [0.2, 0.25) is 5.76 Å². The van der Waals surface area contributed by atoms with Crippen LogP contribution in [0.3, 0.4) is 0 Å². The Labute approximate surface area is 70.8 Å². The highest BCUT2D eigenvalue weighted by molar-refractivity contribution is 5.88. The highest BCUT2D eigenvalue weighted by Gasteiger charge is 2.36. The maximum atomic E-state index is 12.0. The summed E-state index contributed by atoms with van der Waals surface area (Å²) in [6.07, 6.45) is -4.64. The second kappa shape index (κ2) is 2.79. The Kier molecular flexibility index (Phi) is 2.07. The van der Waals surface area contributed by atoms with E-state index < -0.39 is 23.5 Å². The number of halogens is 3. The molecule has 0 radical (unpaired) electrons. The summed E-state index contributed by atoms with van der Waals surface area (Å²) in [6, 6.07) is 0.470. The van der Waals surface area contributed by atoms with Gasteiger partial charge in [0.15, 0.2) is 0 Å². The van der Waals surface area contributed by atoms with Crippen molar-refractivity contribution in [3.63, 3.8) is 0 Å². The third-order valence-corrected chi connectivity index (χ3v) is 1.43. The third-order valence-electron chi connectivity index (χ3n) is 1.43. The number of furan rings is 1. The molecule has 0 fully saturated rings. The summed E-state index contributed by atoms with van der Waals surface area (Å²) >= 11 is 0. The summed E-state index contributed by atoms with van der Waals surface area (Å²) in [6.45, 7) is 1.17. The number of aromatic carboxylic acids is 1. The molecule has 0 bridgehead atoms. The molecule has 0 saturated heterocycles. The summed E-state index contributed by atoms with van der Waals surface area (Å²) < 4.78 is 40.1. The van der Waals surface area contributed by atoms with Gasteiger partial charge in [0.1, 0.15) is 11.3 Å². The fraction of sp³-hybridized carbons (Fsp3) is 0.286. The van der Waals surface area contributed by atoms with E-state index in [0.717, 1.165) is 0 Å². The topological polar surface area (TPSA) is 50.4 Å². The van der Waals surface area contributed by atoms with E-state index in [9.17, 15) is 18.0 Å². The lowest BCUT2D eigenvalue weighted by Crippen LogP contribution is -2.02. The van der Waals surface area contributed by atoms with Crippen molar-refractivity contribution in [1.82, 2.24) is 0 Å². The first-order chi connectivity index (χ1) is 5.82. The van der Waals surface area contributed by atoms with Crippen molar-refractivity contribution < 1.29 is 27.5 Å². The minimum Gasteiger partial charge on any atom is -0.478 e. The van der Waals surface area contributed by atoms with Crippen molar-refractivity contribution in [2.75, 3.05) is 0 Å². The van der Waals surface area contributed by atoms with Gasteiger partial charge in [-0.15, -0.1) is 0 Å². The summed E-state index contributed by atoms with van der Waals surface area (Å²) in [5, 5.41) is 8.42. The van der Waals surface area contributed by atoms with Crippen LogP contribution in [0.2, 0.25) is 0 Å². The smallest absolute Gasteiger partial charge is 0.449 e. The normalized spacial score (nSPS) is 11.7. The van der Waals surface area contributed by atoms with Crippen molar-refractivity contribution in [2.45, 2.75) is 13.1 Å². The summed E-state index contributed by atoms with van der Waals surface area (Å²) in [7, 11) is 0. The quantitative estimate of drug-likeness (QED) is 0.746. The van der Waals surface area contributed by atoms with E-state index in [0.29, 0.717) is 6.07 Å². The van der Waals surface area contributed by atoms with Gasteiger partial charge in [-0.05, 0) is 6.92 Å². The first-order valence-electron chi connectivity index (χ1n) is 3.23.